The summed E-state index contributed by atoms with van der Waals surface area (Å²) in [5.74, 6) is -0.144. The van der Waals surface area contributed by atoms with E-state index in [1.54, 1.807) is 7.05 Å². The summed E-state index contributed by atoms with van der Waals surface area (Å²) in [6.07, 6.45) is 0.421. The highest BCUT2D eigenvalue weighted by molar-refractivity contribution is 6.00. The fourth-order valence-corrected chi connectivity index (χ4v) is 2.38. The molecule has 2 amide bonds. The summed E-state index contributed by atoms with van der Waals surface area (Å²) < 4.78 is 0. The van der Waals surface area contributed by atoms with Crippen LogP contribution in [-0.2, 0) is 16.1 Å². The molecule has 1 aliphatic rings. The zero-order chi connectivity index (χ0) is 13.1. The van der Waals surface area contributed by atoms with Crippen molar-refractivity contribution in [3.05, 3.63) is 35.9 Å². The van der Waals surface area contributed by atoms with Crippen LogP contribution in [0.4, 0.5) is 0 Å². The van der Waals surface area contributed by atoms with Crippen molar-refractivity contribution in [2.45, 2.75) is 25.9 Å². The minimum absolute atomic E-state index is 0.0574. The molecule has 1 heterocycles. The van der Waals surface area contributed by atoms with Crippen LogP contribution >= 0.6 is 0 Å². The summed E-state index contributed by atoms with van der Waals surface area (Å²) in [5, 5.41) is 3.00. The van der Waals surface area contributed by atoms with Gasteiger partial charge in [-0.25, -0.2) is 0 Å². The monoisotopic (exact) mass is 246 g/mol. The minimum atomic E-state index is -0.258. The van der Waals surface area contributed by atoms with Crippen LogP contribution in [0.3, 0.4) is 0 Å². The normalized spacial score (nSPS) is 24.4. The number of nitrogens with one attached hydrogen (secondary N) is 1. The largest absolute Gasteiger partial charge is 0.309 e. The van der Waals surface area contributed by atoms with Gasteiger partial charge in [0.25, 0.3) is 0 Å². The maximum absolute atomic E-state index is 12.2. The molecule has 1 aromatic carbocycles. The van der Waals surface area contributed by atoms with Crippen molar-refractivity contribution in [1.29, 1.82) is 0 Å². The van der Waals surface area contributed by atoms with Gasteiger partial charge < -0.3 is 5.32 Å². The molecule has 1 N–H and O–H groups in total. The molecule has 1 aliphatic heterocycles. The number of likely N-dealkylation sites (tertiary alicyclic amines) is 1. The third-order valence-electron chi connectivity index (χ3n) is 3.39. The Hall–Kier alpha value is -1.68. The van der Waals surface area contributed by atoms with Crippen LogP contribution in [0.1, 0.15) is 18.9 Å². The van der Waals surface area contributed by atoms with Gasteiger partial charge in [0, 0.05) is 6.42 Å². The first-order valence-corrected chi connectivity index (χ1v) is 6.19. The Morgan fingerprint density at radius 1 is 1.28 bits per heavy atom. The Labute approximate surface area is 107 Å². The topological polar surface area (TPSA) is 49.4 Å². The Balaban J connectivity index is 2.16. The van der Waals surface area contributed by atoms with E-state index < -0.39 is 0 Å². The molecule has 18 heavy (non-hydrogen) atoms. The molecule has 0 aromatic heterocycles. The molecule has 4 heteroatoms. The second kappa shape index (κ2) is 5.31. The molecule has 0 spiro atoms. The second-order valence-electron chi connectivity index (χ2n) is 4.75. The lowest BCUT2D eigenvalue weighted by molar-refractivity contribution is -0.152. The number of rotatable bonds is 3. The number of imide groups is 1. The smallest absolute Gasteiger partial charge is 0.246 e. The highest BCUT2D eigenvalue weighted by Gasteiger charge is 2.38. The lowest BCUT2D eigenvalue weighted by atomic mass is 9.92. The molecule has 0 aliphatic carbocycles. The fraction of sp³-hybridized carbons (Fsp3) is 0.429. The summed E-state index contributed by atoms with van der Waals surface area (Å²) in [6.45, 7) is 2.29. The summed E-state index contributed by atoms with van der Waals surface area (Å²) in [6, 6.07) is 9.33. The highest BCUT2D eigenvalue weighted by atomic mass is 16.2. The van der Waals surface area contributed by atoms with Gasteiger partial charge in [0.2, 0.25) is 11.8 Å². The molecule has 0 radical (unpaired) electrons. The van der Waals surface area contributed by atoms with Crippen LogP contribution in [-0.4, -0.2) is 29.8 Å². The lowest BCUT2D eigenvalue weighted by Gasteiger charge is -2.34. The number of nitrogens with zero attached hydrogens (tertiary/aromatic N) is 1. The Morgan fingerprint density at radius 3 is 2.56 bits per heavy atom. The van der Waals surface area contributed by atoms with Gasteiger partial charge in [-0.1, -0.05) is 37.3 Å². The number of carbonyl (C=O) groups excluding carboxylic acids is 2. The molecule has 4 nitrogen and oxygen atoms in total. The first-order valence-electron chi connectivity index (χ1n) is 6.19. The number of carbonyl (C=O) groups is 2. The van der Waals surface area contributed by atoms with Crippen LogP contribution in [0.2, 0.25) is 0 Å². The van der Waals surface area contributed by atoms with Crippen molar-refractivity contribution >= 4 is 11.8 Å². The molecular formula is C14H18N2O2. The van der Waals surface area contributed by atoms with E-state index in [9.17, 15) is 9.59 Å². The average molecular weight is 246 g/mol. The minimum Gasteiger partial charge on any atom is -0.309 e. The van der Waals surface area contributed by atoms with Gasteiger partial charge in [-0.2, -0.15) is 0 Å². The maximum Gasteiger partial charge on any atom is 0.246 e. The van der Waals surface area contributed by atoms with Crippen molar-refractivity contribution in [3.63, 3.8) is 0 Å². The first kappa shape index (κ1) is 12.8. The zero-order valence-corrected chi connectivity index (χ0v) is 10.7. The van der Waals surface area contributed by atoms with E-state index in [1.165, 1.54) is 4.90 Å². The third-order valence-corrected chi connectivity index (χ3v) is 3.39. The van der Waals surface area contributed by atoms with Crippen molar-refractivity contribution in [2.24, 2.45) is 5.92 Å². The molecule has 2 atom stereocenters. The van der Waals surface area contributed by atoms with Crippen LogP contribution in [0.5, 0.6) is 0 Å². The number of likely N-dealkylation sites (N-methyl/N-ethyl adjacent to an activating group) is 1. The Kier molecular flexibility index (Phi) is 3.77. The van der Waals surface area contributed by atoms with E-state index in [-0.39, 0.29) is 23.8 Å². The standard InChI is InChI=1S/C14H18N2O2/c1-10-8-12(17)16(14(18)13(10)15-2)9-11-6-4-3-5-7-11/h3-7,10,13,15H,8-9H2,1-2H3/t10-,13-/m1/s1. The van der Waals surface area contributed by atoms with E-state index in [0.717, 1.165) is 5.56 Å². The van der Waals surface area contributed by atoms with Gasteiger partial charge in [0.1, 0.15) is 0 Å². The number of benzene rings is 1. The van der Waals surface area contributed by atoms with Gasteiger partial charge in [-0.15, -0.1) is 0 Å². The molecule has 1 fully saturated rings. The Morgan fingerprint density at radius 2 is 1.94 bits per heavy atom. The van der Waals surface area contributed by atoms with Gasteiger partial charge >= 0.3 is 0 Å². The molecular weight excluding hydrogens is 228 g/mol. The summed E-state index contributed by atoms with van der Waals surface area (Å²) in [7, 11) is 1.76. The molecule has 2 rings (SSSR count). The lowest BCUT2D eigenvalue weighted by Crippen LogP contribution is -2.55. The zero-order valence-electron chi connectivity index (χ0n) is 10.7. The first-order chi connectivity index (χ1) is 8.63. The van der Waals surface area contributed by atoms with E-state index in [4.69, 9.17) is 0 Å². The second-order valence-corrected chi connectivity index (χ2v) is 4.75. The third kappa shape index (κ3) is 2.43. The van der Waals surface area contributed by atoms with E-state index in [1.807, 2.05) is 37.3 Å². The number of piperidine rings is 1. The predicted octanol–water partition coefficient (Wildman–Crippen LogP) is 1.17. The molecule has 1 saturated heterocycles. The molecule has 96 valence electrons. The van der Waals surface area contributed by atoms with Crippen LogP contribution in [0, 0.1) is 5.92 Å². The van der Waals surface area contributed by atoms with Crippen molar-refractivity contribution in [1.82, 2.24) is 10.2 Å². The number of hydrogen-bond acceptors (Lipinski definition) is 3. The number of hydrogen-bond donors (Lipinski definition) is 1. The van der Waals surface area contributed by atoms with Crippen LogP contribution in [0.15, 0.2) is 30.3 Å². The molecule has 0 unspecified atom stereocenters. The van der Waals surface area contributed by atoms with Gasteiger partial charge in [-0.05, 0) is 18.5 Å². The molecule has 1 aromatic rings. The van der Waals surface area contributed by atoms with Crippen molar-refractivity contribution < 1.29 is 9.59 Å². The maximum atomic E-state index is 12.2. The van der Waals surface area contributed by atoms with Crippen LogP contribution < -0.4 is 5.32 Å². The Bertz CT molecular complexity index is 444. The van der Waals surface area contributed by atoms with Crippen LogP contribution in [0.25, 0.3) is 0 Å². The van der Waals surface area contributed by atoms with Crippen molar-refractivity contribution in [3.8, 4) is 0 Å². The average Bonchev–Trinajstić information content (AvgIpc) is 2.36. The SMILES string of the molecule is CN[C@H]1C(=O)N(Cc2ccccc2)C(=O)C[C@H]1C. The molecule has 0 saturated carbocycles. The van der Waals surface area contributed by atoms with Crippen molar-refractivity contribution in [2.75, 3.05) is 7.05 Å². The van der Waals surface area contributed by atoms with E-state index >= 15 is 0 Å². The summed E-state index contributed by atoms with van der Waals surface area (Å²) >= 11 is 0. The fourth-order valence-electron chi connectivity index (χ4n) is 2.38. The van der Waals surface area contributed by atoms with Gasteiger partial charge in [0.05, 0.1) is 12.6 Å². The predicted molar refractivity (Wildman–Crippen MR) is 68.6 cm³/mol. The summed E-state index contributed by atoms with van der Waals surface area (Å²) in [5.41, 5.74) is 0.976. The summed E-state index contributed by atoms with van der Waals surface area (Å²) in [4.78, 5) is 25.5. The molecule has 0 bridgehead atoms. The van der Waals surface area contributed by atoms with Gasteiger partial charge in [0.15, 0.2) is 0 Å². The number of amides is 2. The van der Waals surface area contributed by atoms with Gasteiger partial charge in [-0.3, -0.25) is 14.5 Å². The van der Waals surface area contributed by atoms with E-state index in [0.29, 0.717) is 13.0 Å². The van der Waals surface area contributed by atoms with E-state index in [2.05, 4.69) is 5.32 Å². The highest BCUT2D eigenvalue weighted by Crippen LogP contribution is 2.21. The quantitative estimate of drug-likeness (QED) is 0.814.